The summed E-state index contributed by atoms with van der Waals surface area (Å²) in [6.07, 6.45) is -28.0. The number of hydrogen-bond acceptors (Lipinski definition) is 4. The Morgan fingerprint density at radius 3 is 1.93 bits per heavy atom. The fourth-order valence-corrected chi connectivity index (χ4v) is 2.80. The summed E-state index contributed by atoms with van der Waals surface area (Å²) in [5, 5.41) is 2.28. The van der Waals surface area contributed by atoms with E-state index in [0.29, 0.717) is 16.7 Å². The van der Waals surface area contributed by atoms with E-state index in [4.69, 9.17) is 16.3 Å². The summed E-state index contributed by atoms with van der Waals surface area (Å²) in [4.78, 5) is 12.0. The minimum absolute atomic E-state index is 0.0548. The number of hydrogen-bond donors (Lipinski definition) is 1. The van der Waals surface area contributed by atoms with Gasteiger partial charge in [-0.15, -0.1) is 13.2 Å². The van der Waals surface area contributed by atoms with Crippen LogP contribution in [0.15, 0.2) is 42.5 Å². The average molecular weight is 626 g/mol. The first-order chi connectivity index (χ1) is 17.9. The number of rotatable bonds is 11. The third-order valence-electron chi connectivity index (χ3n) is 4.61. The molecule has 0 aliphatic heterocycles. The topological polar surface area (TPSA) is 56.8 Å². The van der Waals surface area contributed by atoms with Gasteiger partial charge in [-0.1, -0.05) is 23.7 Å². The van der Waals surface area contributed by atoms with Crippen LogP contribution in [0.3, 0.4) is 0 Å². The standard InChI is InChI=1S/C21H13ClF13NO4/c1-10-7-13(5-6-14(10)22)38-9-15(37)36-12-4-2-3-11(8-12)16(23,24)18(27,28)39-19(29,30)17(25,26)20(31,32)40-21(33,34)35/h2-8H,9H2,1H3,(H,36,37). The lowest BCUT2D eigenvalue weighted by atomic mass is 10.1. The van der Waals surface area contributed by atoms with Gasteiger partial charge in [-0.3, -0.25) is 4.79 Å². The van der Waals surface area contributed by atoms with Crippen molar-refractivity contribution >= 4 is 23.2 Å². The molecule has 0 aromatic heterocycles. The van der Waals surface area contributed by atoms with Gasteiger partial charge < -0.3 is 10.1 Å². The monoisotopic (exact) mass is 625 g/mol. The molecule has 0 spiro atoms. The van der Waals surface area contributed by atoms with Crippen LogP contribution in [-0.4, -0.2) is 43.1 Å². The molecule has 2 aromatic rings. The van der Waals surface area contributed by atoms with Crippen molar-refractivity contribution in [2.45, 2.75) is 43.5 Å². The lowest BCUT2D eigenvalue weighted by molar-refractivity contribution is -0.535. The molecule has 0 fully saturated rings. The zero-order valence-corrected chi connectivity index (χ0v) is 19.9. The largest absolute Gasteiger partial charge is 0.527 e. The highest BCUT2D eigenvalue weighted by atomic mass is 35.5. The van der Waals surface area contributed by atoms with Crippen molar-refractivity contribution in [3.05, 3.63) is 58.6 Å². The molecule has 0 atom stereocenters. The quantitative estimate of drug-likeness (QED) is 0.260. The van der Waals surface area contributed by atoms with Gasteiger partial charge in [0.2, 0.25) is 0 Å². The first kappa shape index (κ1) is 33.2. The summed E-state index contributed by atoms with van der Waals surface area (Å²) in [5.41, 5.74) is -2.10. The number of nitrogens with one attached hydrogen (secondary N) is 1. The molecule has 0 aliphatic carbocycles. The Bertz CT molecular complexity index is 1220. The predicted molar refractivity (Wildman–Crippen MR) is 109 cm³/mol. The summed E-state index contributed by atoms with van der Waals surface area (Å²) in [5.74, 6) is -14.5. The SMILES string of the molecule is Cc1cc(OCC(=O)Nc2cccc(C(F)(F)C(F)(F)OC(F)(F)C(F)(F)C(F)(F)OC(F)(F)F)c2)ccc1Cl. The van der Waals surface area contributed by atoms with E-state index in [0.717, 1.165) is 6.07 Å². The molecule has 2 rings (SSSR count). The molecular formula is C21H13ClF13NO4. The van der Waals surface area contributed by atoms with Crippen LogP contribution in [0.25, 0.3) is 0 Å². The molecule has 0 bridgehead atoms. The number of amides is 1. The zero-order valence-electron chi connectivity index (χ0n) is 19.2. The van der Waals surface area contributed by atoms with E-state index in [1.54, 1.807) is 11.7 Å². The van der Waals surface area contributed by atoms with Gasteiger partial charge in [-0.05, 0) is 42.8 Å². The molecule has 1 N–H and O–H groups in total. The molecule has 0 heterocycles. The lowest BCUT2D eigenvalue weighted by Gasteiger charge is -2.35. The van der Waals surface area contributed by atoms with Crippen LogP contribution < -0.4 is 10.1 Å². The van der Waals surface area contributed by atoms with E-state index in [9.17, 15) is 61.9 Å². The van der Waals surface area contributed by atoms with Crippen LogP contribution in [0.2, 0.25) is 5.02 Å². The van der Waals surface area contributed by atoms with E-state index in [2.05, 4.69) is 0 Å². The first-order valence-electron chi connectivity index (χ1n) is 10.1. The van der Waals surface area contributed by atoms with Gasteiger partial charge in [0.1, 0.15) is 5.75 Å². The second-order valence-electron chi connectivity index (χ2n) is 7.68. The maximum atomic E-state index is 14.4. The molecule has 0 aliphatic rings. The van der Waals surface area contributed by atoms with E-state index in [1.807, 2.05) is 10.1 Å². The molecule has 19 heteroatoms. The normalized spacial score (nSPS) is 13.8. The number of benzene rings is 2. The smallest absolute Gasteiger partial charge is 0.484 e. The summed E-state index contributed by atoms with van der Waals surface area (Å²) in [7, 11) is 0. The summed E-state index contributed by atoms with van der Waals surface area (Å²) in [6, 6.07) is 5.77. The second-order valence-corrected chi connectivity index (χ2v) is 8.08. The van der Waals surface area contributed by atoms with Crippen molar-refractivity contribution < 1.29 is 76.1 Å². The maximum absolute atomic E-state index is 14.4. The Kier molecular flexibility index (Phi) is 9.23. The summed E-state index contributed by atoms with van der Waals surface area (Å²) >= 11 is 5.82. The highest BCUT2D eigenvalue weighted by molar-refractivity contribution is 6.31. The minimum atomic E-state index is -7.53. The number of carbonyl (C=O) groups is 1. The number of anilines is 1. The van der Waals surface area contributed by atoms with Crippen molar-refractivity contribution in [1.29, 1.82) is 0 Å². The molecule has 224 valence electrons. The number of halogens is 14. The third-order valence-corrected chi connectivity index (χ3v) is 5.03. The van der Waals surface area contributed by atoms with Gasteiger partial charge in [0.25, 0.3) is 5.91 Å². The molecule has 2 aromatic carbocycles. The Morgan fingerprint density at radius 1 is 0.800 bits per heavy atom. The van der Waals surface area contributed by atoms with Crippen LogP contribution in [0, 0.1) is 6.92 Å². The molecule has 5 nitrogen and oxygen atoms in total. The van der Waals surface area contributed by atoms with E-state index >= 15 is 0 Å². The van der Waals surface area contributed by atoms with E-state index in [1.165, 1.54) is 18.2 Å². The molecule has 40 heavy (non-hydrogen) atoms. The molecule has 0 saturated heterocycles. The Labute approximate surface area is 219 Å². The predicted octanol–water partition coefficient (Wildman–Crippen LogP) is 7.72. The Balaban J connectivity index is 2.21. The lowest BCUT2D eigenvalue weighted by Crippen LogP contribution is -2.61. The molecule has 1 amide bonds. The highest BCUT2D eigenvalue weighted by Gasteiger charge is 2.80. The minimum Gasteiger partial charge on any atom is -0.484 e. The zero-order chi connectivity index (χ0) is 30.9. The van der Waals surface area contributed by atoms with Gasteiger partial charge in [0, 0.05) is 16.3 Å². The Hall–Kier alpha value is -2.99. The fraction of sp³-hybridized carbons (Fsp3) is 0.381. The molecule has 0 saturated carbocycles. The van der Waals surface area contributed by atoms with Crippen molar-refractivity contribution in [1.82, 2.24) is 0 Å². The third kappa shape index (κ3) is 7.39. The number of carbonyl (C=O) groups excluding carboxylic acids is 1. The van der Waals surface area contributed by atoms with Crippen molar-refractivity contribution in [2.24, 2.45) is 0 Å². The van der Waals surface area contributed by atoms with Crippen LogP contribution in [0.5, 0.6) is 5.75 Å². The van der Waals surface area contributed by atoms with Gasteiger partial charge in [0.15, 0.2) is 6.61 Å². The van der Waals surface area contributed by atoms with Crippen molar-refractivity contribution in [3.63, 3.8) is 0 Å². The van der Waals surface area contributed by atoms with Crippen LogP contribution in [0.4, 0.5) is 62.8 Å². The first-order valence-corrected chi connectivity index (χ1v) is 10.5. The molecule has 0 unspecified atom stereocenters. The molecular weight excluding hydrogens is 613 g/mol. The van der Waals surface area contributed by atoms with Gasteiger partial charge in [-0.2, -0.15) is 43.9 Å². The van der Waals surface area contributed by atoms with E-state index < -0.39 is 60.3 Å². The average Bonchev–Trinajstić information content (AvgIpc) is 2.77. The second kappa shape index (κ2) is 11.1. The van der Waals surface area contributed by atoms with Crippen LogP contribution in [0.1, 0.15) is 11.1 Å². The van der Waals surface area contributed by atoms with E-state index in [-0.39, 0.29) is 17.9 Å². The number of ether oxygens (including phenoxy) is 3. The molecule has 0 radical (unpaired) electrons. The van der Waals surface area contributed by atoms with Gasteiger partial charge >= 0.3 is 36.5 Å². The van der Waals surface area contributed by atoms with Crippen LogP contribution >= 0.6 is 11.6 Å². The number of aryl methyl sites for hydroxylation is 1. The van der Waals surface area contributed by atoms with Crippen molar-refractivity contribution in [2.75, 3.05) is 11.9 Å². The summed E-state index contributed by atoms with van der Waals surface area (Å²) < 4.78 is 181. The van der Waals surface area contributed by atoms with Gasteiger partial charge in [0.05, 0.1) is 0 Å². The number of alkyl halides is 13. The van der Waals surface area contributed by atoms with Gasteiger partial charge in [-0.25, -0.2) is 9.47 Å². The maximum Gasteiger partial charge on any atom is 0.527 e. The highest BCUT2D eigenvalue weighted by Crippen LogP contribution is 2.54. The fourth-order valence-electron chi connectivity index (χ4n) is 2.68. The van der Waals surface area contributed by atoms with Crippen molar-refractivity contribution in [3.8, 4) is 5.75 Å². The van der Waals surface area contributed by atoms with Crippen LogP contribution in [-0.2, 0) is 20.2 Å². The Morgan fingerprint density at radius 2 is 1.38 bits per heavy atom. The summed E-state index contributed by atoms with van der Waals surface area (Å²) in [6.45, 7) is 0.829.